The van der Waals surface area contributed by atoms with Gasteiger partial charge in [0, 0.05) is 38.0 Å². The third kappa shape index (κ3) is 8.68. The summed E-state index contributed by atoms with van der Waals surface area (Å²) in [5.41, 5.74) is 1.73. The van der Waals surface area contributed by atoms with Gasteiger partial charge in [0.05, 0.1) is 17.0 Å². The molecule has 1 atom stereocenters. The number of halogens is 3. The molecule has 3 aromatic carbocycles. The monoisotopic (exact) mass is 593 g/mol. The minimum atomic E-state index is -3.74. The van der Waals surface area contributed by atoms with Crippen molar-refractivity contribution < 1.29 is 22.4 Å². The Morgan fingerprint density at radius 2 is 1.64 bits per heavy atom. The van der Waals surface area contributed by atoms with Crippen molar-refractivity contribution in [1.82, 2.24) is 10.2 Å². The molecule has 0 saturated heterocycles. The number of carbonyl (C=O) groups excluding carboxylic acids is 2. The molecular formula is C28H30Cl2FN3O4S. The van der Waals surface area contributed by atoms with Crippen LogP contribution in [0.4, 0.5) is 10.1 Å². The van der Waals surface area contributed by atoms with Gasteiger partial charge >= 0.3 is 0 Å². The van der Waals surface area contributed by atoms with Crippen LogP contribution in [0.2, 0.25) is 10.0 Å². The van der Waals surface area contributed by atoms with E-state index < -0.39 is 21.9 Å². The molecule has 0 spiro atoms. The van der Waals surface area contributed by atoms with Crippen LogP contribution in [0.5, 0.6) is 0 Å². The summed E-state index contributed by atoms with van der Waals surface area (Å²) < 4.78 is 39.8. The van der Waals surface area contributed by atoms with Crippen molar-refractivity contribution in [3.63, 3.8) is 0 Å². The number of nitrogens with one attached hydrogen (secondary N) is 1. The van der Waals surface area contributed by atoms with E-state index in [0.717, 1.165) is 16.1 Å². The summed E-state index contributed by atoms with van der Waals surface area (Å²) >= 11 is 12.3. The molecule has 0 radical (unpaired) electrons. The molecule has 0 aliphatic heterocycles. The van der Waals surface area contributed by atoms with Gasteiger partial charge in [-0.3, -0.25) is 13.9 Å². The zero-order valence-corrected chi connectivity index (χ0v) is 23.9. The van der Waals surface area contributed by atoms with Gasteiger partial charge in [-0.05, 0) is 47.9 Å². The molecule has 7 nitrogen and oxygen atoms in total. The fraction of sp³-hybridized carbons (Fsp3) is 0.286. The van der Waals surface area contributed by atoms with Gasteiger partial charge in [-0.2, -0.15) is 0 Å². The van der Waals surface area contributed by atoms with E-state index in [2.05, 4.69) is 5.32 Å². The summed E-state index contributed by atoms with van der Waals surface area (Å²) in [5, 5.41) is 3.16. The van der Waals surface area contributed by atoms with Crippen LogP contribution in [0.1, 0.15) is 24.0 Å². The largest absolute Gasteiger partial charge is 0.357 e. The van der Waals surface area contributed by atoms with E-state index in [-0.39, 0.29) is 54.9 Å². The number of likely N-dealkylation sites (N-methyl/N-ethyl adjacent to an activating group) is 1. The lowest BCUT2D eigenvalue weighted by Gasteiger charge is -2.31. The van der Waals surface area contributed by atoms with Crippen molar-refractivity contribution in [3.8, 4) is 0 Å². The van der Waals surface area contributed by atoms with Crippen LogP contribution < -0.4 is 9.62 Å². The number of sulfonamides is 1. The number of benzene rings is 3. The highest BCUT2D eigenvalue weighted by molar-refractivity contribution is 7.92. The van der Waals surface area contributed by atoms with Crippen LogP contribution in [-0.2, 0) is 32.6 Å². The number of hydrogen-bond donors (Lipinski definition) is 1. The number of anilines is 1. The average molecular weight is 595 g/mol. The molecule has 0 bridgehead atoms. The first-order chi connectivity index (χ1) is 18.5. The molecule has 2 amide bonds. The van der Waals surface area contributed by atoms with Crippen LogP contribution in [0.3, 0.4) is 0 Å². The highest BCUT2D eigenvalue weighted by atomic mass is 35.5. The quantitative estimate of drug-likeness (QED) is 0.318. The van der Waals surface area contributed by atoms with Gasteiger partial charge < -0.3 is 10.2 Å². The number of hydrogen-bond acceptors (Lipinski definition) is 4. The molecule has 0 aliphatic rings. The molecule has 208 valence electrons. The number of amides is 2. The van der Waals surface area contributed by atoms with Crippen LogP contribution in [0.25, 0.3) is 0 Å². The molecule has 0 aromatic heterocycles. The molecule has 0 heterocycles. The molecule has 0 fully saturated rings. The van der Waals surface area contributed by atoms with Crippen LogP contribution >= 0.6 is 23.2 Å². The van der Waals surface area contributed by atoms with E-state index in [4.69, 9.17) is 23.2 Å². The van der Waals surface area contributed by atoms with Gasteiger partial charge in [0.2, 0.25) is 21.8 Å². The molecule has 0 aliphatic carbocycles. The Hall–Kier alpha value is -3.14. The summed E-state index contributed by atoms with van der Waals surface area (Å²) in [5.74, 6) is -1.11. The summed E-state index contributed by atoms with van der Waals surface area (Å²) in [6.07, 6.45) is 1.42. The highest BCUT2D eigenvalue weighted by Gasteiger charge is 2.30. The van der Waals surface area contributed by atoms with Crippen LogP contribution in [0, 0.1) is 5.82 Å². The molecule has 3 aromatic rings. The number of rotatable bonds is 12. The zero-order valence-electron chi connectivity index (χ0n) is 21.6. The third-order valence-corrected chi connectivity index (χ3v) is 7.85. The molecular weight excluding hydrogens is 564 g/mol. The Morgan fingerprint density at radius 3 is 2.26 bits per heavy atom. The molecule has 11 heteroatoms. The normalized spacial score (nSPS) is 12.0. The first kappa shape index (κ1) is 30.4. The zero-order chi connectivity index (χ0) is 28.6. The molecule has 0 unspecified atom stereocenters. The Balaban J connectivity index is 1.86. The van der Waals surface area contributed by atoms with E-state index >= 15 is 0 Å². The Morgan fingerprint density at radius 1 is 0.974 bits per heavy atom. The van der Waals surface area contributed by atoms with E-state index in [1.807, 2.05) is 30.3 Å². The molecule has 1 N–H and O–H groups in total. The number of carbonyl (C=O) groups is 2. The van der Waals surface area contributed by atoms with Gasteiger partial charge in [-0.15, -0.1) is 0 Å². The maximum Gasteiger partial charge on any atom is 0.242 e. The standard InChI is InChI=1S/C28H30Cl2FN3O4S/c1-32-28(36)26(17-20-7-4-3-5-8-20)33(19-21-10-13-23(31)14-11-21)27(35)9-6-16-34(39(2,37)38)25-18-22(29)12-15-24(25)30/h3-5,7-8,10-15,18,26H,6,9,16-17,19H2,1-2H3,(H,32,36)/t26-/m0/s1. The van der Waals surface area contributed by atoms with Crippen molar-refractivity contribution >= 4 is 50.7 Å². The summed E-state index contributed by atoms with van der Waals surface area (Å²) in [6.45, 7) is 0.0400. The van der Waals surface area contributed by atoms with E-state index in [9.17, 15) is 22.4 Å². The fourth-order valence-corrected chi connectivity index (χ4v) is 5.57. The topological polar surface area (TPSA) is 86.8 Å². The maximum atomic E-state index is 13.6. The smallest absolute Gasteiger partial charge is 0.242 e. The second-order valence-corrected chi connectivity index (χ2v) is 11.8. The second kappa shape index (κ2) is 13.8. The highest BCUT2D eigenvalue weighted by Crippen LogP contribution is 2.31. The predicted octanol–water partition coefficient (Wildman–Crippen LogP) is 5.06. The lowest BCUT2D eigenvalue weighted by atomic mass is 10.0. The van der Waals surface area contributed by atoms with Gasteiger partial charge in [-0.1, -0.05) is 65.7 Å². The van der Waals surface area contributed by atoms with E-state index in [1.54, 1.807) is 18.2 Å². The molecule has 0 saturated carbocycles. The molecule has 39 heavy (non-hydrogen) atoms. The van der Waals surface area contributed by atoms with Crippen molar-refractivity contribution in [1.29, 1.82) is 0 Å². The van der Waals surface area contributed by atoms with Gasteiger partial charge in [0.15, 0.2) is 0 Å². The third-order valence-electron chi connectivity index (χ3n) is 6.11. The summed E-state index contributed by atoms with van der Waals surface area (Å²) in [6, 6.07) is 18.7. The maximum absolute atomic E-state index is 13.6. The Bertz CT molecular complexity index is 1390. The number of nitrogens with zero attached hydrogens (tertiary/aromatic N) is 2. The molecule has 3 rings (SSSR count). The van der Waals surface area contributed by atoms with Crippen molar-refractivity contribution in [2.75, 3.05) is 24.2 Å². The summed E-state index contributed by atoms with van der Waals surface area (Å²) in [4.78, 5) is 28.1. The van der Waals surface area contributed by atoms with E-state index in [1.165, 1.54) is 36.2 Å². The van der Waals surface area contributed by atoms with Crippen LogP contribution in [-0.4, -0.2) is 51.0 Å². The first-order valence-electron chi connectivity index (χ1n) is 12.2. The lowest BCUT2D eigenvalue weighted by Crippen LogP contribution is -2.49. The Labute approximate surface area is 238 Å². The fourth-order valence-electron chi connectivity index (χ4n) is 4.17. The minimum Gasteiger partial charge on any atom is -0.357 e. The van der Waals surface area contributed by atoms with Crippen molar-refractivity contribution in [2.24, 2.45) is 0 Å². The Kier molecular flexibility index (Phi) is 10.7. The van der Waals surface area contributed by atoms with Crippen molar-refractivity contribution in [3.05, 3.63) is 99.8 Å². The minimum absolute atomic E-state index is 0.0294. The van der Waals surface area contributed by atoms with Gasteiger partial charge in [0.1, 0.15) is 11.9 Å². The van der Waals surface area contributed by atoms with E-state index in [0.29, 0.717) is 10.6 Å². The van der Waals surface area contributed by atoms with Gasteiger partial charge in [-0.25, -0.2) is 12.8 Å². The van der Waals surface area contributed by atoms with Crippen molar-refractivity contribution in [2.45, 2.75) is 31.8 Å². The average Bonchev–Trinajstić information content (AvgIpc) is 2.90. The van der Waals surface area contributed by atoms with Crippen LogP contribution in [0.15, 0.2) is 72.8 Å². The first-order valence-corrected chi connectivity index (χ1v) is 14.8. The predicted molar refractivity (Wildman–Crippen MR) is 153 cm³/mol. The summed E-state index contributed by atoms with van der Waals surface area (Å²) in [7, 11) is -2.24. The lowest BCUT2D eigenvalue weighted by molar-refractivity contribution is -0.141. The second-order valence-electron chi connectivity index (χ2n) is 9.00. The SMILES string of the molecule is CNC(=O)[C@H](Cc1ccccc1)N(Cc1ccc(F)cc1)C(=O)CCCN(c1cc(Cl)ccc1Cl)S(C)(=O)=O. The van der Waals surface area contributed by atoms with Gasteiger partial charge in [0.25, 0.3) is 0 Å².